The van der Waals surface area contributed by atoms with Gasteiger partial charge >= 0.3 is 0 Å². The smallest absolute Gasteiger partial charge is 0.269 e. The summed E-state index contributed by atoms with van der Waals surface area (Å²) in [5, 5.41) is 17.0. The maximum Gasteiger partial charge on any atom is 0.269 e. The zero-order valence-electron chi connectivity index (χ0n) is 15.0. The topological polar surface area (TPSA) is 98.0 Å². The van der Waals surface area contributed by atoms with E-state index in [1.807, 2.05) is 25.1 Å². The van der Waals surface area contributed by atoms with Gasteiger partial charge in [0.1, 0.15) is 0 Å². The molecule has 0 atom stereocenters. The van der Waals surface area contributed by atoms with Crippen LogP contribution in [0.2, 0.25) is 0 Å². The third-order valence-corrected chi connectivity index (χ3v) is 3.56. The van der Waals surface area contributed by atoms with Crippen LogP contribution in [0.5, 0.6) is 11.5 Å². The molecule has 0 aliphatic heterocycles. The maximum atomic E-state index is 10.7. The van der Waals surface area contributed by atoms with Gasteiger partial charge in [0.15, 0.2) is 17.5 Å². The van der Waals surface area contributed by atoms with Gasteiger partial charge in [0, 0.05) is 37.5 Å². The second-order valence-corrected chi connectivity index (χ2v) is 5.27. The number of nitrogens with one attached hydrogen (secondary N) is 2. The Morgan fingerprint density at radius 1 is 1.19 bits per heavy atom. The van der Waals surface area contributed by atoms with E-state index in [9.17, 15) is 10.1 Å². The van der Waals surface area contributed by atoms with E-state index in [1.165, 1.54) is 12.1 Å². The molecule has 0 saturated heterocycles. The molecule has 2 aromatic carbocycles. The first-order valence-electron chi connectivity index (χ1n) is 8.09. The summed E-state index contributed by atoms with van der Waals surface area (Å²) in [5.41, 5.74) is 1.77. The van der Waals surface area contributed by atoms with Crippen LogP contribution < -0.4 is 20.1 Å². The quantitative estimate of drug-likeness (QED) is 0.341. The van der Waals surface area contributed by atoms with Gasteiger partial charge in [0.05, 0.1) is 18.6 Å². The molecule has 138 valence electrons. The number of nitrogens with zero attached hydrogens (tertiary/aromatic N) is 2. The van der Waals surface area contributed by atoms with Crippen LogP contribution in [0, 0.1) is 10.1 Å². The lowest BCUT2D eigenvalue weighted by Gasteiger charge is -2.14. The highest BCUT2D eigenvalue weighted by Crippen LogP contribution is 2.30. The van der Waals surface area contributed by atoms with Crippen molar-refractivity contribution in [1.29, 1.82) is 0 Å². The molecule has 0 heterocycles. The average Bonchev–Trinajstić information content (AvgIpc) is 2.66. The van der Waals surface area contributed by atoms with Crippen molar-refractivity contribution in [3.8, 4) is 11.5 Å². The van der Waals surface area contributed by atoms with E-state index >= 15 is 0 Å². The number of nitro groups is 1. The van der Waals surface area contributed by atoms with Gasteiger partial charge in [-0.3, -0.25) is 15.1 Å². The van der Waals surface area contributed by atoms with Crippen molar-refractivity contribution in [1.82, 2.24) is 5.32 Å². The summed E-state index contributed by atoms with van der Waals surface area (Å²) in [5.74, 6) is 1.87. The average molecular weight is 358 g/mol. The molecule has 0 amide bonds. The molecule has 0 saturated carbocycles. The van der Waals surface area contributed by atoms with Crippen molar-refractivity contribution in [2.45, 2.75) is 13.5 Å². The fraction of sp³-hybridized carbons (Fsp3) is 0.278. The summed E-state index contributed by atoms with van der Waals surface area (Å²) < 4.78 is 10.8. The van der Waals surface area contributed by atoms with Crippen LogP contribution in [0.3, 0.4) is 0 Å². The van der Waals surface area contributed by atoms with Crippen molar-refractivity contribution >= 4 is 17.3 Å². The van der Waals surface area contributed by atoms with Crippen LogP contribution in [-0.4, -0.2) is 31.6 Å². The van der Waals surface area contributed by atoms with E-state index < -0.39 is 4.92 Å². The number of rotatable bonds is 7. The normalized spacial score (nSPS) is 11.0. The number of non-ortho nitro benzene ring substituents is 1. The molecule has 26 heavy (non-hydrogen) atoms. The Hall–Kier alpha value is -3.29. The molecule has 8 nitrogen and oxygen atoms in total. The van der Waals surface area contributed by atoms with Crippen molar-refractivity contribution < 1.29 is 14.4 Å². The Bertz CT molecular complexity index is 775. The minimum Gasteiger partial charge on any atom is -0.493 e. The fourth-order valence-corrected chi connectivity index (χ4v) is 2.26. The third-order valence-electron chi connectivity index (χ3n) is 3.56. The summed E-state index contributed by atoms with van der Waals surface area (Å²) in [4.78, 5) is 14.4. The van der Waals surface area contributed by atoms with Crippen LogP contribution >= 0.6 is 0 Å². The van der Waals surface area contributed by atoms with Crippen molar-refractivity contribution in [3.63, 3.8) is 0 Å². The van der Waals surface area contributed by atoms with Crippen molar-refractivity contribution in [3.05, 3.63) is 58.1 Å². The molecular formula is C18H22N4O4. The third kappa shape index (κ3) is 5.10. The molecule has 0 fully saturated rings. The van der Waals surface area contributed by atoms with Gasteiger partial charge < -0.3 is 20.1 Å². The molecular weight excluding hydrogens is 336 g/mol. The van der Waals surface area contributed by atoms with Gasteiger partial charge in [-0.2, -0.15) is 0 Å². The first-order chi connectivity index (χ1) is 12.6. The summed E-state index contributed by atoms with van der Waals surface area (Å²) >= 11 is 0. The number of aliphatic imine (C=N–C) groups is 1. The Labute approximate surface area is 152 Å². The minimum absolute atomic E-state index is 0.0674. The van der Waals surface area contributed by atoms with E-state index in [0.717, 1.165) is 11.3 Å². The highest BCUT2D eigenvalue weighted by atomic mass is 16.6. The van der Waals surface area contributed by atoms with Gasteiger partial charge in [-0.1, -0.05) is 12.1 Å². The number of hydrogen-bond donors (Lipinski definition) is 2. The largest absolute Gasteiger partial charge is 0.493 e. The first-order valence-corrected chi connectivity index (χ1v) is 8.09. The number of benzene rings is 2. The molecule has 0 unspecified atom stereocenters. The van der Waals surface area contributed by atoms with Gasteiger partial charge in [-0.25, -0.2) is 0 Å². The van der Waals surface area contributed by atoms with Crippen LogP contribution in [0.15, 0.2) is 47.5 Å². The van der Waals surface area contributed by atoms with Gasteiger partial charge in [0.2, 0.25) is 0 Å². The first kappa shape index (κ1) is 19.0. The number of guanidine groups is 1. The predicted octanol–water partition coefficient (Wildman–Crippen LogP) is 3.19. The van der Waals surface area contributed by atoms with Crippen LogP contribution in [0.4, 0.5) is 11.4 Å². The molecule has 2 rings (SSSR count). The Morgan fingerprint density at radius 2 is 1.92 bits per heavy atom. The maximum absolute atomic E-state index is 10.7. The lowest BCUT2D eigenvalue weighted by atomic mass is 10.2. The fourth-order valence-electron chi connectivity index (χ4n) is 2.26. The molecule has 0 radical (unpaired) electrons. The summed E-state index contributed by atoms with van der Waals surface area (Å²) in [6, 6.07) is 11.9. The number of methoxy groups -OCH3 is 1. The zero-order valence-corrected chi connectivity index (χ0v) is 15.0. The number of ether oxygens (including phenoxy) is 2. The molecule has 0 spiro atoms. The van der Waals surface area contributed by atoms with Crippen LogP contribution in [0.1, 0.15) is 12.5 Å². The lowest BCUT2D eigenvalue weighted by Crippen LogP contribution is -2.30. The molecule has 8 heteroatoms. The molecule has 0 aliphatic rings. The van der Waals surface area contributed by atoms with Crippen molar-refractivity contribution in [2.75, 3.05) is 26.1 Å². The Balaban J connectivity index is 2.00. The van der Waals surface area contributed by atoms with E-state index in [4.69, 9.17) is 9.47 Å². The zero-order chi connectivity index (χ0) is 18.9. The summed E-state index contributed by atoms with van der Waals surface area (Å²) in [6.07, 6.45) is 0. The molecule has 2 aromatic rings. The highest BCUT2D eigenvalue weighted by Gasteiger charge is 2.08. The highest BCUT2D eigenvalue weighted by molar-refractivity contribution is 5.93. The van der Waals surface area contributed by atoms with E-state index in [-0.39, 0.29) is 5.69 Å². The second-order valence-electron chi connectivity index (χ2n) is 5.27. The van der Waals surface area contributed by atoms with E-state index in [1.54, 1.807) is 26.3 Å². The predicted molar refractivity (Wildman–Crippen MR) is 101 cm³/mol. The minimum atomic E-state index is -0.420. The van der Waals surface area contributed by atoms with Gasteiger partial charge in [-0.15, -0.1) is 0 Å². The number of hydrogen-bond acceptors (Lipinski definition) is 5. The molecule has 0 aromatic heterocycles. The lowest BCUT2D eigenvalue weighted by molar-refractivity contribution is -0.384. The van der Waals surface area contributed by atoms with Crippen molar-refractivity contribution in [2.24, 2.45) is 4.99 Å². The SMILES string of the molecule is CCOc1ccc(NC(=NC)NCc2ccc([N+](=O)[O-])cc2)cc1OC. The number of nitro benzene ring substituents is 1. The standard InChI is InChI=1S/C18H22N4O4/c1-4-26-16-10-7-14(11-17(16)25-3)21-18(19-2)20-12-13-5-8-15(9-6-13)22(23)24/h5-11H,4,12H2,1-3H3,(H2,19,20,21). The van der Waals surface area contributed by atoms with Gasteiger partial charge in [0.25, 0.3) is 5.69 Å². The molecule has 0 aliphatic carbocycles. The number of anilines is 1. The Kier molecular flexibility index (Phi) is 6.78. The second kappa shape index (κ2) is 9.26. The van der Waals surface area contributed by atoms with Crippen LogP contribution in [-0.2, 0) is 6.54 Å². The van der Waals surface area contributed by atoms with Crippen LogP contribution in [0.25, 0.3) is 0 Å². The molecule has 0 bridgehead atoms. The Morgan fingerprint density at radius 3 is 2.50 bits per heavy atom. The molecule has 2 N–H and O–H groups in total. The summed E-state index contributed by atoms with van der Waals surface area (Å²) in [6.45, 7) is 2.95. The van der Waals surface area contributed by atoms with E-state index in [0.29, 0.717) is 30.6 Å². The van der Waals surface area contributed by atoms with Gasteiger partial charge in [-0.05, 0) is 24.6 Å². The summed E-state index contributed by atoms with van der Waals surface area (Å²) in [7, 11) is 3.25. The van der Waals surface area contributed by atoms with E-state index in [2.05, 4.69) is 15.6 Å². The monoisotopic (exact) mass is 358 g/mol.